The minimum absolute atomic E-state index is 0.0289. The molecule has 14 nitrogen and oxygen atoms in total. The van der Waals surface area contributed by atoms with Crippen LogP contribution in [0.1, 0.15) is 79.2 Å². The highest BCUT2D eigenvalue weighted by Gasteiger charge is 2.33. The zero-order chi connectivity index (χ0) is 35.5. The van der Waals surface area contributed by atoms with Gasteiger partial charge in [0.15, 0.2) is 0 Å². The van der Waals surface area contributed by atoms with Crippen LogP contribution in [0, 0.1) is 5.92 Å². The lowest BCUT2D eigenvalue weighted by Crippen LogP contribution is -2.47. The first-order chi connectivity index (χ1) is 24.7. The Morgan fingerprint density at radius 2 is 1.59 bits per heavy atom. The third kappa shape index (κ3) is 7.81. The number of primary amides is 1. The minimum atomic E-state index is -0.869. The topological polar surface area (TPSA) is 173 Å². The second-order valence-corrected chi connectivity index (χ2v) is 14.3. The summed E-state index contributed by atoms with van der Waals surface area (Å²) in [4.78, 5) is 68.8. The molecule has 5 heterocycles. The highest BCUT2D eigenvalue weighted by molar-refractivity contribution is 5.99. The van der Waals surface area contributed by atoms with E-state index in [4.69, 9.17) is 10.5 Å². The van der Waals surface area contributed by atoms with Crippen molar-refractivity contribution in [1.82, 2.24) is 30.1 Å². The van der Waals surface area contributed by atoms with Gasteiger partial charge >= 0.3 is 0 Å². The number of hydrogen-bond donors (Lipinski definition) is 2. The second-order valence-electron chi connectivity index (χ2n) is 14.3. The fourth-order valence-electron chi connectivity index (χ4n) is 8.00. The SMILES string of the molecule is NC(=O)c1ccc(C2CCN(CCOC3CCN(C(=O)C4CCN(c5ccc6nnn(C7CCC(=O)NC7=O)c(=O)c6c5)CC4)CC3)CC2)cc1. The Morgan fingerprint density at radius 1 is 0.863 bits per heavy atom. The van der Waals surface area contributed by atoms with Crippen LogP contribution < -0.4 is 21.5 Å². The first-order valence-electron chi connectivity index (χ1n) is 18.2. The van der Waals surface area contributed by atoms with Crippen LogP contribution in [0.5, 0.6) is 0 Å². The number of anilines is 1. The molecule has 0 aliphatic carbocycles. The molecule has 4 aliphatic heterocycles. The molecule has 4 saturated heterocycles. The number of piperidine rings is 4. The third-order valence-corrected chi connectivity index (χ3v) is 11.2. The molecule has 1 unspecified atom stereocenters. The monoisotopic (exact) mass is 698 g/mol. The number of nitrogens with zero attached hydrogens (tertiary/aromatic N) is 6. The Kier molecular flexibility index (Phi) is 10.4. The van der Waals surface area contributed by atoms with Crippen molar-refractivity contribution >= 4 is 40.2 Å². The number of carbonyl (C=O) groups excluding carboxylic acids is 4. The number of aromatic nitrogens is 3. The molecule has 0 bridgehead atoms. The fourth-order valence-corrected chi connectivity index (χ4v) is 8.00. The maximum absolute atomic E-state index is 13.5. The number of carbonyl (C=O) groups is 4. The second kappa shape index (κ2) is 15.3. The highest BCUT2D eigenvalue weighted by atomic mass is 16.5. The average molecular weight is 699 g/mol. The summed E-state index contributed by atoms with van der Waals surface area (Å²) < 4.78 is 7.34. The third-order valence-electron chi connectivity index (χ3n) is 11.2. The van der Waals surface area contributed by atoms with Gasteiger partial charge in [-0.2, -0.15) is 4.68 Å². The van der Waals surface area contributed by atoms with Crippen LogP contribution in [-0.2, 0) is 19.1 Å². The van der Waals surface area contributed by atoms with Crippen molar-refractivity contribution in [2.45, 2.75) is 69.4 Å². The molecule has 3 aromatic rings. The molecule has 4 amide bonds. The van der Waals surface area contributed by atoms with E-state index in [2.05, 4.69) is 25.4 Å². The van der Waals surface area contributed by atoms with Crippen molar-refractivity contribution in [2.24, 2.45) is 11.7 Å². The standard InChI is InChI=1S/C37H46N8O6/c38-34(47)26-3-1-24(2-4-26)25-9-15-42(16-10-25)21-22-51-29-13-19-44(20-14-29)36(49)27-11-17-43(18-12-27)28-5-6-31-30(23-28)37(50)45(41-40-31)32-7-8-33(46)39-35(32)48/h1-6,23,25,27,29,32H,7-22H2,(H2,38,47)(H,39,46,48). The number of benzene rings is 2. The van der Waals surface area contributed by atoms with Gasteiger partial charge in [-0.05, 0) is 99.8 Å². The van der Waals surface area contributed by atoms with Gasteiger partial charge in [0.1, 0.15) is 11.6 Å². The molecule has 7 rings (SSSR count). The molecule has 14 heteroatoms. The largest absolute Gasteiger partial charge is 0.377 e. The van der Waals surface area contributed by atoms with Gasteiger partial charge in [-0.15, -0.1) is 5.10 Å². The highest BCUT2D eigenvalue weighted by Crippen LogP contribution is 2.30. The van der Waals surface area contributed by atoms with E-state index in [1.807, 2.05) is 35.2 Å². The number of likely N-dealkylation sites (tertiary alicyclic amines) is 2. The van der Waals surface area contributed by atoms with E-state index in [0.717, 1.165) is 81.6 Å². The summed E-state index contributed by atoms with van der Waals surface area (Å²) in [7, 11) is 0. The van der Waals surface area contributed by atoms with Gasteiger partial charge in [-0.3, -0.25) is 29.3 Å². The summed E-state index contributed by atoms with van der Waals surface area (Å²) in [6, 6.07) is 12.3. The van der Waals surface area contributed by atoms with E-state index in [-0.39, 0.29) is 36.7 Å². The summed E-state index contributed by atoms with van der Waals surface area (Å²) in [5.41, 5.74) is 8.08. The number of fused-ring (bicyclic) bond motifs is 1. The summed E-state index contributed by atoms with van der Waals surface area (Å²) in [5, 5.41) is 10.8. The Morgan fingerprint density at radius 3 is 2.27 bits per heavy atom. The first kappa shape index (κ1) is 34.7. The van der Waals surface area contributed by atoms with Crippen molar-refractivity contribution in [3.8, 4) is 0 Å². The Bertz CT molecular complexity index is 1820. The molecule has 3 N–H and O–H groups in total. The van der Waals surface area contributed by atoms with Crippen molar-refractivity contribution < 1.29 is 23.9 Å². The van der Waals surface area contributed by atoms with Crippen LogP contribution in [0.2, 0.25) is 0 Å². The summed E-state index contributed by atoms with van der Waals surface area (Å²) in [5.74, 6) is -0.601. The van der Waals surface area contributed by atoms with E-state index in [1.165, 1.54) is 5.56 Å². The molecule has 4 fully saturated rings. The van der Waals surface area contributed by atoms with Gasteiger partial charge in [0.2, 0.25) is 17.7 Å². The fraction of sp³-hybridized carbons (Fsp3) is 0.541. The van der Waals surface area contributed by atoms with Gasteiger partial charge in [0.05, 0.1) is 18.1 Å². The van der Waals surface area contributed by atoms with Crippen molar-refractivity contribution in [1.29, 1.82) is 0 Å². The molecule has 0 radical (unpaired) electrons. The smallest absolute Gasteiger partial charge is 0.278 e. The molecule has 4 aliphatic rings. The molecule has 0 spiro atoms. The molecule has 0 saturated carbocycles. The molecule has 270 valence electrons. The van der Waals surface area contributed by atoms with Gasteiger partial charge in [0.25, 0.3) is 11.5 Å². The van der Waals surface area contributed by atoms with E-state index < -0.39 is 23.4 Å². The molecular formula is C37H46N8O6. The van der Waals surface area contributed by atoms with E-state index in [0.29, 0.717) is 42.1 Å². The number of amides is 4. The Hall–Kier alpha value is -4.69. The lowest BCUT2D eigenvalue weighted by molar-refractivity contribution is -0.139. The zero-order valence-electron chi connectivity index (χ0n) is 28.9. The molecular weight excluding hydrogens is 652 g/mol. The number of imide groups is 1. The maximum Gasteiger partial charge on any atom is 0.278 e. The quantitative estimate of drug-likeness (QED) is 0.315. The van der Waals surface area contributed by atoms with Gasteiger partial charge < -0.3 is 25.2 Å². The molecule has 2 aromatic carbocycles. The number of rotatable bonds is 9. The van der Waals surface area contributed by atoms with Crippen LogP contribution in [-0.4, -0.2) is 107 Å². The number of ether oxygens (including phenoxy) is 1. The molecule has 1 aromatic heterocycles. The van der Waals surface area contributed by atoms with Gasteiger partial charge in [-0.1, -0.05) is 17.3 Å². The Balaban J connectivity index is 0.832. The van der Waals surface area contributed by atoms with Crippen LogP contribution in [0.3, 0.4) is 0 Å². The van der Waals surface area contributed by atoms with E-state index in [9.17, 15) is 24.0 Å². The van der Waals surface area contributed by atoms with Crippen molar-refractivity contribution in [3.05, 3.63) is 63.9 Å². The van der Waals surface area contributed by atoms with Crippen molar-refractivity contribution in [3.63, 3.8) is 0 Å². The van der Waals surface area contributed by atoms with Gasteiger partial charge in [0, 0.05) is 56.3 Å². The lowest BCUT2D eigenvalue weighted by atomic mass is 9.89. The van der Waals surface area contributed by atoms with Gasteiger partial charge in [-0.25, -0.2) is 0 Å². The normalized spacial score (nSPS) is 21.6. The van der Waals surface area contributed by atoms with Crippen LogP contribution >= 0.6 is 0 Å². The number of hydrogen-bond acceptors (Lipinski definition) is 10. The summed E-state index contributed by atoms with van der Waals surface area (Å²) in [6.07, 6.45) is 5.86. The molecule has 51 heavy (non-hydrogen) atoms. The summed E-state index contributed by atoms with van der Waals surface area (Å²) in [6.45, 7) is 6.48. The van der Waals surface area contributed by atoms with Crippen LogP contribution in [0.4, 0.5) is 5.69 Å². The van der Waals surface area contributed by atoms with Crippen molar-refractivity contribution in [2.75, 3.05) is 57.3 Å². The lowest BCUT2D eigenvalue weighted by Gasteiger charge is -2.38. The predicted octanol–water partition coefficient (Wildman–Crippen LogP) is 1.97. The van der Waals surface area contributed by atoms with Crippen LogP contribution in [0.15, 0.2) is 47.3 Å². The van der Waals surface area contributed by atoms with Crippen LogP contribution in [0.25, 0.3) is 10.9 Å². The number of nitrogens with two attached hydrogens (primary N) is 1. The average Bonchev–Trinajstić information content (AvgIpc) is 3.16. The minimum Gasteiger partial charge on any atom is -0.377 e. The van der Waals surface area contributed by atoms with E-state index >= 15 is 0 Å². The van der Waals surface area contributed by atoms with E-state index in [1.54, 1.807) is 12.1 Å². The first-order valence-corrected chi connectivity index (χ1v) is 18.2. The predicted molar refractivity (Wildman–Crippen MR) is 189 cm³/mol. The maximum atomic E-state index is 13.5. The molecule has 1 atom stereocenters. The Labute approximate surface area is 296 Å². The zero-order valence-corrected chi connectivity index (χ0v) is 28.9. The number of nitrogens with one attached hydrogen (secondary N) is 1. The summed E-state index contributed by atoms with van der Waals surface area (Å²) >= 11 is 0.